The summed E-state index contributed by atoms with van der Waals surface area (Å²) in [7, 11) is 0. The molecule has 1 aromatic rings. The maximum atomic E-state index is 13.5. The molecule has 0 fully saturated rings. The number of carbonyl (C=O) groups excluding carboxylic acids is 1. The molecule has 5 heteroatoms. The molecule has 0 radical (unpaired) electrons. The Kier molecular flexibility index (Phi) is 7.15. The van der Waals surface area contributed by atoms with Crippen molar-refractivity contribution in [3.8, 4) is 5.75 Å². The second kappa shape index (κ2) is 8.62. The zero-order chi connectivity index (χ0) is 15.8. The van der Waals surface area contributed by atoms with Gasteiger partial charge in [-0.2, -0.15) is 0 Å². The number of carbonyl (C=O) groups is 1. The third kappa shape index (κ3) is 5.01. The van der Waals surface area contributed by atoms with Gasteiger partial charge in [0.05, 0.1) is 6.61 Å². The van der Waals surface area contributed by atoms with E-state index in [1.807, 2.05) is 20.8 Å². The van der Waals surface area contributed by atoms with Gasteiger partial charge in [-0.25, -0.2) is 9.18 Å². The van der Waals surface area contributed by atoms with E-state index in [4.69, 9.17) is 9.47 Å². The monoisotopic (exact) mass is 297 g/mol. The molecule has 21 heavy (non-hydrogen) atoms. The number of nitrogens with one attached hydrogen (secondary N) is 1. The van der Waals surface area contributed by atoms with E-state index in [0.29, 0.717) is 18.8 Å². The molecule has 0 saturated carbocycles. The van der Waals surface area contributed by atoms with Crippen molar-refractivity contribution in [2.24, 2.45) is 0 Å². The Bertz CT molecular complexity index is 465. The van der Waals surface area contributed by atoms with Crippen LogP contribution in [0.3, 0.4) is 0 Å². The predicted octanol–water partition coefficient (Wildman–Crippen LogP) is 3.22. The van der Waals surface area contributed by atoms with Crippen molar-refractivity contribution in [2.45, 2.75) is 46.3 Å². The molecule has 0 amide bonds. The molecule has 0 aromatic heterocycles. The summed E-state index contributed by atoms with van der Waals surface area (Å²) in [5, 5.41) is 3.25. The lowest BCUT2D eigenvalue weighted by Crippen LogP contribution is -2.29. The topological polar surface area (TPSA) is 47.6 Å². The van der Waals surface area contributed by atoms with Gasteiger partial charge in [-0.3, -0.25) is 0 Å². The average molecular weight is 297 g/mol. The maximum absolute atomic E-state index is 13.5. The van der Waals surface area contributed by atoms with Crippen LogP contribution in [0.5, 0.6) is 5.75 Å². The second-order valence-corrected chi connectivity index (χ2v) is 4.73. The van der Waals surface area contributed by atoms with Crippen LogP contribution in [0.1, 0.15) is 45.7 Å². The average Bonchev–Trinajstić information content (AvgIpc) is 2.45. The summed E-state index contributed by atoms with van der Waals surface area (Å²) in [6, 6.07) is 4.38. The molecule has 2 unspecified atom stereocenters. The molecule has 0 spiro atoms. The van der Waals surface area contributed by atoms with Gasteiger partial charge >= 0.3 is 5.97 Å². The highest BCUT2D eigenvalue weighted by Gasteiger charge is 2.22. The summed E-state index contributed by atoms with van der Waals surface area (Å²) in [4.78, 5) is 11.8. The van der Waals surface area contributed by atoms with Crippen molar-refractivity contribution in [3.05, 3.63) is 29.6 Å². The first-order chi connectivity index (χ1) is 10.0. The summed E-state index contributed by atoms with van der Waals surface area (Å²) in [6.07, 6.45) is -0.260. The normalized spacial score (nSPS) is 13.6. The Hall–Kier alpha value is -1.62. The Balaban J connectivity index is 2.98. The number of rotatable bonds is 8. The SMILES string of the molecule is CCNC(C)c1ccc(F)cc1OC(CC)C(=O)OCC. The molecule has 1 aromatic carbocycles. The van der Waals surface area contributed by atoms with Crippen molar-refractivity contribution in [3.63, 3.8) is 0 Å². The standard InChI is InChI=1S/C16H24FNO3/c1-5-14(16(19)20-7-3)21-15-10-12(17)8-9-13(15)11(4)18-6-2/h8-11,14,18H,5-7H2,1-4H3. The molecule has 0 aliphatic rings. The van der Waals surface area contributed by atoms with E-state index in [1.54, 1.807) is 13.0 Å². The molecular formula is C16H24FNO3. The van der Waals surface area contributed by atoms with E-state index in [2.05, 4.69) is 5.32 Å². The maximum Gasteiger partial charge on any atom is 0.347 e. The van der Waals surface area contributed by atoms with Crippen molar-refractivity contribution < 1.29 is 18.7 Å². The van der Waals surface area contributed by atoms with E-state index in [9.17, 15) is 9.18 Å². The first kappa shape index (κ1) is 17.4. The van der Waals surface area contributed by atoms with E-state index in [0.717, 1.165) is 12.1 Å². The molecule has 2 atom stereocenters. The van der Waals surface area contributed by atoms with Crippen LogP contribution in [-0.2, 0) is 9.53 Å². The Morgan fingerprint density at radius 3 is 2.62 bits per heavy atom. The molecule has 0 bridgehead atoms. The van der Waals surface area contributed by atoms with E-state index in [-0.39, 0.29) is 6.04 Å². The van der Waals surface area contributed by atoms with Crippen molar-refractivity contribution in [2.75, 3.05) is 13.2 Å². The fourth-order valence-corrected chi connectivity index (χ4v) is 2.07. The number of hydrogen-bond donors (Lipinski definition) is 1. The van der Waals surface area contributed by atoms with Crippen LogP contribution in [0.4, 0.5) is 4.39 Å². The lowest BCUT2D eigenvalue weighted by molar-refractivity contribution is -0.151. The van der Waals surface area contributed by atoms with E-state index >= 15 is 0 Å². The fraction of sp³-hybridized carbons (Fsp3) is 0.562. The zero-order valence-corrected chi connectivity index (χ0v) is 13.1. The lowest BCUT2D eigenvalue weighted by atomic mass is 10.1. The number of benzene rings is 1. The summed E-state index contributed by atoms with van der Waals surface area (Å²) in [5.74, 6) is -0.439. The number of halogens is 1. The quantitative estimate of drug-likeness (QED) is 0.748. The smallest absolute Gasteiger partial charge is 0.347 e. The number of ether oxygens (including phenoxy) is 2. The molecule has 1 rings (SSSR count). The van der Waals surface area contributed by atoms with Gasteiger partial charge in [0.25, 0.3) is 0 Å². The molecular weight excluding hydrogens is 273 g/mol. The number of esters is 1. The van der Waals surface area contributed by atoms with Gasteiger partial charge in [-0.1, -0.05) is 19.9 Å². The molecule has 0 saturated heterocycles. The zero-order valence-electron chi connectivity index (χ0n) is 13.1. The molecule has 4 nitrogen and oxygen atoms in total. The summed E-state index contributed by atoms with van der Waals surface area (Å²) >= 11 is 0. The van der Waals surface area contributed by atoms with Crippen LogP contribution in [0.25, 0.3) is 0 Å². The highest BCUT2D eigenvalue weighted by atomic mass is 19.1. The molecule has 0 aliphatic heterocycles. The summed E-state index contributed by atoms with van der Waals surface area (Å²) in [6.45, 7) is 8.61. The molecule has 0 heterocycles. The van der Waals surface area contributed by atoms with Gasteiger partial charge in [-0.05, 0) is 32.9 Å². The summed E-state index contributed by atoms with van der Waals surface area (Å²) in [5.41, 5.74) is 0.820. The first-order valence-corrected chi connectivity index (χ1v) is 7.39. The Morgan fingerprint density at radius 2 is 2.05 bits per heavy atom. The minimum Gasteiger partial charge on any atom is -0.478 e. The van der Waals surface area contributed by atoms with Gasteiger partial charge < -0.3 is 14.8 Å². The molecule has 1 N–H and O–H groups in total. The number of hydrogen-bond acceptors (Lipinski definition) is 4. The predicted molar refractivity (Wildman–Crippen MR) is 79.8 cm³/mol. The van der Waals surface area contributed by atoms with E-state index in [1.165, 1.54) is 12.1 Å². The minimum atomic E-state index is -0.723. The third-order valence-corrected chi connectivity index (χ3v) is 3.14. The van der Waals surface area contributed by atoms with Gasteiger partial charge in [0.1, 0.15) is 11.6 Å². The highest BCUT2D eigenvalue weighted by molar-refractivity contribution is 5.75. The van der Waals surface area contributed by atoms with Crippen molar-refractivity contribution >= 4 is 5.97 Å². The van der Waals surface area contributed by atoms with Crippen LogP contribution in [0, 0.1) is 5.82 Å². The van der Waals surface area contributed by atoms with Crippen molar-refractivity contribution in [1.82, 2.24) is 5.32 Å². The van der Waals surface area contributed by atoms with Crippen molar-refractivity contribution in [1.29, 1.82) is 0 Å². The Labute approximate surface area is 125 Å². The van der Waals surface area contributed by atoms with Crippen LogP contribution < -0.4 is 10.1 Å². The van der Waals surface area contributed by atoms with Gasteiger partial charge in [0.2, 0.25) is 0 Å². The third-order valence-electron chi connectivity index (χ3n) is 3.14. The van der Waals surface area contributed by atoms with Crippen LogP contribution >= 0.6 is 0 Å². The molecule has 0 aliphatic carbocycles. The van der Waals surface area contributed by atoms with Gasteiger partial charge in [0, 0.05) is 17.7 Å². The van der Waals surface area contributed by atoms with Gasteiger partial charge in [0.15, 0.2) is 6.10 Å². The van der Waals surface area contributed by atoms with Crippen LogP contribution in [-0.4, -0.2) is 25.2 Å². The lowest BCUT2D eigenvalue weighted by Gasteiger charge is -2.21. The molecule has 118 valence electrons. The first-order valence-electron chi connectivity index (χ1n) is 7.39. The van der Waals surface area contributed by atoms with Gasteiger partial charge in [-0.15, -0.1) is 0 Å². The minimum absolute atomic E-state index is 0.00491. The van der Waals surface area contributed by atoms with Crippen LogP contribution in [0.15, 0.2) is 18.2 Å². The fourth-order valence-electron chi connectivity index (χ4n) is 2.07. The van der Waals surface area contributed by atoms with Crippen LogP contribution in [0.2, 0.25) is 0 Å². The highest BCUT2D eigenvalue weighted by Crippen LogP contribution is 2.27. The Morgan fingerprint density at radius 1 is 1.33 bits per heavy atom. The largest absolute Gasteiger partial charge is 0.478 e. The second-order valence-electron chi connectivity index (χ2n) is 4.73. The van der Waals surface area contributed by atoms with E-state index < -0.39 is 17.9 Å². The summed E-state index contributed by atoms with van der Waals surface area (Å²) < 4.78 is 24.2.